The number of aliphatic imine (C=N–C) groups is 1. The first-order valence-corrected chi connectivity index (χ1v) is 7.88. The molecule has 0 aromatic heterocycles. The standard InChI is InChI=1S/C17H21N4O3/c1-11(2)24-16-18-14-13(15(22)20(4)17(23)19(14)3)21(16)10-12-8-6-5-7-9-12/h5-9,11,13H,10H2,1-4H3/q+1. The SMILES string of the molecule is CC(C)OC1=[N+](Cc2ccccc2)C2C(=O)N(C)C(=O)N(C)C2=N1. The Kier molecular flexibility index (Phi) is 4.09. The highest BCUT2D eigenvalue weighted by Crippen LogP contribution is 2.21. The zero-order valence-electron chi connectivity index (χ0n) is 14.3. The highest BCUT2D eigenvalue weighted by Gasteiger charge is 2.54. The van der Waals surface area contributed by atoms with Crippen LogP contribution in [0, 0.1) is 0 Å². The number of benzene rings is 1. The molecule has 1 unspecified atom stereocenters. The highest BCUT2D eigenvalue weighted by atomic mass is 16.5. The van der Waals surface area contributed by atoms with Gasteiger partial charge in [0.15, 0.2) is 0 Å². The molecule has 2 heterocycles. The lowest BCUT2D eigenvalue weighted by molar-refractivity contribution is -0.559. The lowest BCUT2D eigenvalue weighted by atomic mass is 10.1. The van der Waals surface area contributed by atoms with Gasteiger partial charge >= 0.3 is 12.1 Å². The van der Waals surface area contributed by atoms with E-state index in [0.717, 1.165) is 10.5 Å². The Labute approximate surface area is 140 Å². The first-order valence-electron chi connectivity index (χ1n) is 7.88. The fourth-order valence-corrected chi connectivity index (χ4v) is 2.82. The molecule has 0 bridgehead atoms. The lowest BCUT2D eigenvalue weighted by Crippen LogP contribution is -2.61. The van der Waals surface area contributed by atoms with Gasteiger partial charge in [0.25, 0.3) is 17.8 Å². The minimum atomic E-state index is -0.647. The number of ether oxygens (including phenoxy) is 1. The number of urea groups is 1. The van der Waals surface area contributed by atoms with Crippen molar-refractivity contribution < 1.29 is 18.9 Å². The Bertz CT molecular complexity index is 739. The van der Waals surface area contributed by atoms with Crippen LogP contribution in [0.5, 0.6) is 0 Å². The number of imide groups is 1. The van der Waals surface area contributed by atoms with E-state index >= 15 is 0 Å². The van der Waals surface area contributed by atoms with Crippen molar-refractivity contribution in [1.29, 1.82) is 0 Å². The average Bonchev–Trinajstić information content (AvgIpc) is 2.90. The summed E-state index contributed by atoms with van der Waals surface area (Å²) in [7, 11) is 3.11. The molecule has 2 aliphatic rings. The maximum absolute atomic E-state index is 12.7. The molecule has 7 heteroatoms. The number of hydrogen-bond donors (Lipinski definition) is 0. The van der Waals surface area contributed by atoms with Gasteiger partial charge in [0.2, 0.25) is 0 Å². The van der Waals surface area contributed by atoms with Crippen molar-refractivity contribution >= 4 is 23.8 Å². The van der Waals surface area contributed by atoms with Crippen LogP contribution in [0.3, 0.4) is 0 Å². The predicted molar refractivity (Wildman–Crippen MR) is 88.8 cm³/mol. The third-order valence-corrected chi connectivity index (χ3v) is 4.03. The van der Waals surface area contributed by atoms with Crippen LogP contribution in [0.15, 0.2) is 35.3 Å². The fraction of sp³-hybridized carbons (Fsp3) is 0.412. The Hall–Kier alpha value is -2.70. The average molecular weight is 329 g/mol. The molecule has 1 saturated heterocycles. The van der Waals surface area contributed by atoms with E-state index in [-0.39, 0.29) is 18.0 Å². The fourth-order valence-electron chi connectivity index (χ4n) is 2.82. The number of amides is 3. The Morgan fingerprint density at radius 1 is 1.17 bits per heavy atom. The summed E-state index contributed by atoms with van der Waals surface area (Å²) in [5.74, 6) is 0.116. The smallest absolute Gasteiger partial charge is 0.426 e. The third-order valence-electron chi connectivity index (χ3n) is 4.03. The van der Waals surface area contributed by atoms with Gasteiger partial charge in [0.05, 0.1) is 0 Å². The normalized spacial score (nSPS) is 20.7. The van der Waals surface area contributed by atoms with Crippen molar-refractivity contribution in [2.24, 2.45) is 4.99 Å². The molecule has 0 saturated carbocycles. The number of likely N-dealkylation sites (N-methyl/N-ethyl adjacent to an activating group) is 2. The zero-order chi connectivity index (χ0) is 17.4. The van der Waals surface area contributed by atoms with Crippen molar-refractivity contribution in [1.82, 2.24) is 9.80 Å². The van der Waals surface area contributed by atoms with E-state index in [1.165, 1.54) is 11.9 Å². The molecule has 3 rings (SSSR count). The van der Waals surface area contributed by atoms with Gasteiger partial charge in [-0.3, -0.25) is 14.6 Å². The van der Waals surface area contributed by atoms with Crippen LogP contribution < -0.4 is 0 Å². The second-order valence-electron chi connectivity index (χ2n) is 6.17. The maximum atomic E-state index is 12.7. The molecule has 3 amide bonds. The van der Waals surface area contributed by atoms with Crippen molar-refractivity contribution in [3.8, 4) is 0 Å². The van der Waals surface area contributed by atoms with E-state index < -0.39 is 6.04 Å². The minimum absolute atomic E-state index is 0.0865. The zero-order valence-corrected chi connectivity index (χ0v) is 14.3. The third kappa shape index (κ3) is 2.66. The summed E-state index contributed by atoms with van der Waals surface area (Å²) in [6, 6.07) is 9.13. The van der Waals surface area contributed by atoms with E-state index in [2.05, 4.69) is 4.99 Å². The van der Waals surface area contributed by atoms with Crippen LogP contribution in [0.4, 0.5) is 4.79 Å². The van der Waals surface area contributed by atoms with E-state index in [1.54, 1.807) is 7.05 Å². The lowest BCUT2D eigenvalue weighted by Gasteiger charge is -2.30. The highest BCUT2D eigenvalue weighted by molar-refractivity contribution is 6.22. The molecule has 2 aliphatic heterocycles. The molecule has 1 aromatic rings. The molecule has 24 heavy (non-hydrogen) atoms. The molecule has 126 valence electrons. The van der Waals surface area contributed by atoms with E-state index in [9.17, 15) is 9.59 Å². The number of carbonyl (C=O) groups is 2. The van der Waals surface area contributed by atoms with Crippen LogP contribution in [0.25, 0.3) is 0 Å². The molecule has 1 aromatic carbocycles. The molecule has 1 fully saturated rings. The van der Waals surface area contributed by atoms with Crippen molar-refractivity contribution in [3.05, 3.63) is 35.9 Å². The van der Waals surface area contributed by atoms with Gasteiger partial charge < -0.3 is 4.74 Å². The summed E-state index contributed by atoms with van der Waals surface area (Å²) < 4.78 is 7.61. The van der Waals surface area contributed by atoms with Gasteiger partial charge in [-0.05, 0) is 19.4 Å². The number of hydrogen-bond acceptors (Lipinski definition) is 4. The van der Waals surface area contributed by atoms with Crippen molar-refractivity contribution in [2.45, 2.75) is 32.5 Å². The summed E-state index contributed by atoms with van der Waals surface area (Å²) in [6.45, 7) is 4.28. The van der Waals surface area contributed by atoms with Gasteiger partial charge in [-0.25, -0.2) is 4.79 Å². The second kappa shape index (κ2) is 6.07. The number of carbonyl (C=O) groups excluding carboxylic acids is 2. The van der Waals surface area contributed by atoms with Crippen molar-refractivity contribution in [3.63, 3.8) is 0 Å². The van der Waals surface area contributed by atoms with Gasteiger partial charge in [0.1, 0.15) is 12.6 Å². The van der Waals surface area contributed by atoms with Crippen molar-refractivity contribution in [2.75, 3.05) is 14.1 Å². The largest absolute Gasteiger partial charge is 0.497 e. The number of fused-ring (bicyclic) bond motifs is 1. The number of nitrogens with zero attached hydrogens (tertiary/aromatic N) is 4. The van der Waals surface area contributed by atoms with Crippen LogP contribution in [0.2, 0.25) is 0 Å². The Morgan fingerprint density at radius 3 is 2.46 bits per heavy atom. The van der Waals surface area contributed by atoms with Crippen LogP contribution in [0.1, 0.15) is 19.4 Å². The molecule has 1 atom stereocenters. The number of rotatable bonds is 3. The van der Waals surface area contributed by atoms with E-state index in [0.29, 0.717) is 18.4 Å². The van der Waals surface area contributed by atoms with Gasteiger partial charge in [-0.15, -0.1) is 0 Å². The molecule has 0 aliphatic carbocycles. The summed E-state index contributed by atoms with van der Waals surface area (Å²) >= 11 is 0. The van der Waals surface area contributed by atoms with Gasteiger partial charge in [-0.2, -0.15) is 4.58 Å². The summed E-state index contributed by atoms with van der Waals surface area (Å²) in [4.78, 5) is 31.8. The molecule has 0 N–H and O–H groups in total. The van der Waals surface area contributed by atoms with E-state index in [4.69, 9.17) is 4.74 Å². The predicted octanol–water partition coefficient (Wildman–Crippen LogP) is 1.28. The summed E-state index contributed by atoms with van der Waals surface area (Å²) in [5.41, 5.74) is 1.04. The molecule has 0 spiro atoms. The van der Waals surface area contributed by atoms with Crippen LogP contribution in [-0.4, -0.2) is 64.4 Å². The quantitative estimate of drug-likeness (QED) is 0.785. The topological polar surface area (TPSA) is 65.2 Å². The Morgan fingerprint density at radius 2 is 1.83 bits per heavy atom. The van der Waals surface area contributed by atoms with Crippen LogP contribution in [-0.2, 0) is 16.1 Å². The van der Waals surface area contributed by atoms with Gasteiger partial charge in [0, 0.05) is 19.1 Å². The summed E-state index contributed by atoms with van der Waals surface area (Å²) in [6.07, 6.45) is -0.0865. The molecular formula is C17H21N4O3+. The maximum Gasteiger partial charge on any atom is 0.497 e. The van der Waals surface area contributed by atoms with Crippen LogP contribution >= 0.6 is 0 Å². The Balaban J connectivity index is 2.02. The minimum Gasteiger partial charge on any atom is -0.426 e. The first kappa shape index (κ1) is 16.2. The first-order chi connectivity index (χ1) is 11.4. The second-order valence-corrected chi connectivity index (χ2v) is 6.17. The van der Waals surface area contributed by atoms with Gasteiger partial charge in [-0.1, -0.05) is 30.3 Å². The van der Waals surface area contributed by atoms with E-state index in [1.807, 2.05) is 48.8 Å². The molecule has 7 nitrogen and oxygen atoms in total. The summed E-state index contributed by atoms with van der Waals surface area (Å²) in [5, 5.41) is 0. The monoisotopic (exact) mass is 329 g/mol. The molecular weight excluding hydrogens is 308 g/mol. The molecule has 0 radical (unpaired) electrons. The number of amidine groups is 2.